The van der Waals surface area contributed by atoms with E-state index in [9.17, 15) is 0 Å². The second-order valence-electron chi connectivity index (χ2n) is 4.89. The standard InChI is InChI=1S/C12H26N4/c1-3-13-5-2-7-15-9-11-16(12-10-15)8-6-14-4-1/h13-14H,1-12H2. The Bertz CT molecular complexity index is 152. The highest BCUT2D eigenvalue weighted by Crippen LogP contribution is 2.01. The van der Waals surface area contributed by atoms with Gasteiger partial charge in [-0.3, -0.25) is 4.90 Å². The highest BCUT2D eigenvalue weighted by atomic mass is 15.3. The summed E-state index contributed by atoms with van der Waals surface area (Å²) in [5.41, 5.74) is 0. The van der Waals surface area contributed by atoms with Gasteiger partial charge in [-0.2, -0.15) is 0 Å². The maximum atomic E-state index is 3.53. The Morgan fingerprint density at radius 2 is 1.06 bits per heavy atom. The lowest BCUT2D eigenvalue weighted by atomic mass is 10.2. The largest absolute Gasteiger partial charge is 0.317 e. The summed E-state index contributed by atoms with van der Waals surface area (Å²) in [6.45, 7) is 12.2. The van der Waals surface area contributed by atoms with Crippen molar-refractivity contribution >= 4 is 0 Å². The van der Waals surface area contributed by atoms with Crippen LogP contribution in [0.1, 0.15) is 12.8 Å². The average Bonchev–Trinajstić information content (AvgIpc) is 2.33. The summed E-state index contributed by atoms with van der Waals surface area (Å²) < 4.78 is 0. The summed E-state index contributed by atoms with van der Waals surface area (Å²) in [6.07, 6.45) is 2.55. The van der Waals surface area contributed by atoms with Crippen LogP contribution in [-0.4, -0.2) is 75.2 Å². The van der Waals surface area contributed by atoms with Gasteiger partial charge in [-0.05, 0) is 39.0 Å². The third kappa shape index (κ3) is 4.37. The van der Waals surface area contributed by atoms with Gasteiger partial charge in [-0.25, -0.2) is 0 Å². The Balaban J connectivity index is 1.73. The van der Waals surface area contributed by atoms with Gasteiger partial charge in [0.1, 0.15) is 0 Å². The molecule has 3 aliphatic rings. The van der Waals surface area contributed by atoms with Crippen LogP contribution < -0.4 is 10.6 Å². The Kier molecular flexibility index (Phi) is 5.55. The molecule has 0 amide bonds. The molecule has 0 spiro atoms. The molecule has 0 aromatic rings. The Labute approximate surface area is 99.4 Å². The van der Waals surface area contributed by atoms with E-state index in [0.29, 0.717) is 0 Å². The first-order valence-electron chi connectivity index (χ1n) is 6.81. The molecule has 0 unspecified atom stereocenters. The first kappa shape index (κ1) is 12.3. The maximum absolute atomic E-state index is 3.53. The highest BCUT2D eigenvalue weighted by Gasteiger charge is 2.15. The Hall–Kier alpha value is -0.160. The van der Waals surface area contributed by atoms with E-state index in [-0.39, 0.29) is 0 Å². The van der Waals surface area contributed by atoms with Gasteiger partial charge in [0.25, 0.3) is 0 Å². The van der Waals surface area contributed by atoms with Gasteiger partial charge in [-0.15, -0.1) is 0 Å². The fourth-order valence-corrected chi connectivity index (χ4v) is 2.49. The van der Waals surface area contributed by atoms with E-state index in [1.165, 1.54) is 58.7 Å². The number of rotatable bonds is 0. The third-order valence-corrected chi connectivity index (χ3v) is 3.60. The topological polar surface area (TPSA) is 30.5 Å². The van der Waals surface area contributed by atoms with Gasteiger partial charge in [0, 0.05) is 39.3 Å². The molecule has 0 aromatic carbocycles. The number of hydrogen-bond acceptors (Lipinski definition) is 4. The zero-order chi connectivity index (χ0) is 11.1. The van der Waals surface area contributed by atoms with E-state index < -0.39 is 0 Å². The Morgan fingerprint density at radius 1 is 0.500 bits per heavy atom. The lowest BCUT2D eigenvalue weighted by Crippen LogP contribution is -2.48. The number of hydrogen-bond donors (Lipinski definition) is 2. The minimum Gasteiger partial charge on any atom is -0.317 e. The number of nitrogens with zero attached hydrogens (tertiary/aromatic N) is 2. The number of fused-ring (bicyclic) bond motifs is 11. The molecule has 0 atom stereocenters. The van der Waals surface area contributed by atoms with Crippen molar-refractivity contribution in [3.8, 4) is 0 Å². The van der Waals surface area contributed by atoms with Crippen LogP contribution in [0, 0.1) is 0 Å². The van der Waals surface area contributed by atoms with Gasteiger partial charge >= 0.3 is 0 Å². The molecule has 3 heterocycles. The van der Waals surface area contributed by atoms with Crippen LogP contribution in [0.2, 0.25) is 0 Å². The number of nitrogens with one attached hydrogen (secondary N) is 2. The lowest BCUT2D eigenvalue weighted by Gasteiger charge is -2.34. The summed E-state index contributed by atoms with van der Waals surface area (Å²) in [4.78, 5) is 5.20. The summed E-state index contributed by atoms with van der Waals surface area (Å²) in [5.74, 6) is 0. The van der Waals surface area contributed by atoms with Crippen molar-refractivity contribution in [2.24, 2.45) is 0 Å². The third-order valence-electron chi connectivity index (χ3n) is 3.60. The summed E-state index contributed by atoms with van der Waals surface area (Å²) >= 11 is 0. The molecule has 4 nitrogen and oxygen atoms in total. The molecule has 2 N–H and O–H groups in total. The lowest BCUT2D eigenvalue weighted by molar-refractivity contribution is 0.131. The van der Waals surface area contributed by atoms with E-state index in [2.05, 4.69) is 20.4 Å². The molecule has 0 saturated carbocycles. The second-order valence-corrected chi connectivity index (χ2v) is 4.89. The average molecular weight is 226 g/mol. The molecule has 3 rings (SSSR count). The van der Waals surface area contributed by atoms with Crippen LogP contribution >= 0.6 is 0 Å². The van der Waals surface area contributed by atoms with Crippen molar-refractivity contribution < 1.29 is 0 Å². The summed E-state index contributed by atoms with van der Waals surface area (Å²) in [5, 5.41) is 7.05. The van der Waals surface area contributed by atoms with E-state index in [0.717, 1.165) is 19.6 Å². The highest BCUT2D eigenvalue weighted by molar-refractivity contribution is 4.73. The van der Waals surface area contributed by atoms with Crippen molar-refractivity contribution in [2.45, 2.75) is 12.8 Å². The molecule has 3 saturated heterocycles. The monoisotopic (exact) mass is 226 g/mol. The molecular weight excluding hydrogens is 200 g/mol. The van der Waals surface area contributed by atoms with Crippen molar-refractivity contribution in [1.82, 2.24) is 20.4 Å². The maximum Gasteiger partial charge on any atom is 0.0110 e. The first-order valence-corrected chi connectivity index (χ1v) is 6.81. The molecule has 4 heteroatoms. The van der Waals surface area contributed by atoms with Crippen LogP contribution in [0.4, 0.5) is 0 Å². The SMILES string of the molecule is C1CNCCCN2CCN(CCNC1)CC2. The molecule has 16 heavy (non-hydrogen) atoms. The van der Waals surface area contributed by atoms with Crippen LogP contribution in [0.25, 0.3) is 0 Å². The predicted octanol–water partition coefficient (Wildman–Crippen LogP) is -0.423. The quantitative estimate of drug-likeness (QED) is 0.587. The normalized spacial score (nSPS) is 34.5. The van der Waals surface area contributed by atoms with Gasteiger partial charge in [0.15, 0.2) is 0 Å². The molecule has 3 fully saturated rings. The fourth-order valence-electron chi connectivity index (χ4n) is 2.49. The van der Waals surface area contributed by atoms with Crippen LogP contribution in [0.15, 0.2) is 0 Å². The molecular formula is C12H26N4. The minimum absolute atomic E-state index is 1.15. The predicted molar refractivity (Wildman–Crippen MR) is 67.9 cm³/mol. The van der Waals surface area contributed by atoms with E-state index in [1.807, 2.05) is 0 Å². The zero-order valence-electron chi connectivity index (χ0n) is 10.4. The van der Waals surface area contributed by atoms with Crippen molar-refractivity contribution in [2.75, 3.05) is 65.4 Å². The van der Waals surface area contributed by atoms with Gasteiger partial charge < -0.3 is 15.5 Å². The van der Waals surface area contributed by atoms with Crippen molar-refractivity contribution in [1.29, 1.82) is 0 Å². The van der Waals surface area contributed by atoms with Crippen molar-refractivity contribution in [3.05, 3.63) is 0 Å². The summed E-state index contributed by atoms with van der Waals surface area (Å²) in [6, 6.07) is 0. The van der Waals surface area contributed by atoms with Gasteiger partial charge in [-0.1, -0.05) is 0 Å². The fraction of sp³-hybridized carbons (Fsp3) is 1.00. The number of piperazine rings is 1. The molecule has 0 aliphatic carbocycles. The van der Waals surface area contributed by atoms with E-state index >= 15 is 0 Å². The minimum atomic E-state index is 1.15. The molecule has 0 radical (unpaired) electrons. The smallest absolute Gasteiger partial charge is 0.0110 e. The van der Waals surface area contributed by atoms with E-state index in [1.54, 1.807) is 0 Å². The van der Waals surface area contributed by atoms with Crippen molar-refractivity contribution in [3.63, 3.8) is 0 Å². The first-order chi connectivity index (χ1) is 7.95. The molecule has 3 aliphatic heterocycles. The van der Waals surface area contributed by atoms with E-state index in [4.69, 9.17) is 0 Å². The summed E-state index contributed by atoms with van der Waals surface area (Å²) in [7, 11) is 0. The van der Waals surface area contributed by atoms with Crippen LogP contribution in [0.5, 0.6) is 0 Å². The van der Waals surface area contributed by atoms with Gasteiger partial charge in [0.05, 0.1) is 0 Å². The van der Waals surface area contributed by atoms with Crippen LogP contribution in [0.3, 0.4) is 0 Å². The molecule has 2 bridgehead atoms. The molecule has 94 valence electrons. The molecule has 0 aromatic heterocycles. The second kappa shape index (κ2) is 7.22. The van der Waals surface area contributed by atoms with Crippen LogP contribution in [-0.2, 0) is 0 Å². The Morgan fingerprint density at radius 3 is 1.81 bits per heavy atom. The van der Waals surface area contributed by atoms with Gasteiger partial charge in [0.2, 0.25) is 0 Å². The zero-order valence-corrected chi connectivity index (χ0v) is 10.4.